The normalized spacial score (nSPS) is 9.50. The molecule has 0 fully saturated rings. The maximum Gasteiger partial charge on any atom is 0.123 e. The quantitative estimate of drug-likeness (QED) is 0.775. The van der Waals surface area contributed by atoms with Gasteiger partial charge in [0.05, 0.1) is 16.8 Å². The minimum atomic E-state index is -0.348. The predicted molar refractivity (Wildman–Crippen MR) is 65.7 cm³/mol. The number of benzene rings is 2. The van der Waals surface area contributed by atoms with Crippen molar-refractivity contribution in [3.63, 3.8) is 0 Å². The van der Waals surface area contributed by atoms with E-state index in [0.717, 1.165) is 0 Å². The van der Waals surface area contributed by atoms with Crippen molar-refractivity contribution in [3.8, 4) is 23.3 Å². The third kappa shape index (κ3) is 1.88. The van der Waals surface area contributed by atoms with Crippen LogP contribution >= 0.6 is 0 Å². The number of nitrogens with zero attached hydrogens (tertiary/aromatic N) is 2. The molecule has 3 nitrogen and oxygen atoms in total. The Morgan fingerprint density at radius 3 is 2.17 bits per heavy atom. The van der Waals surface area contributed by atoms with E-state index < -0.39 is 0 Å². The summed E-state index contributed by atoms with van der Waals surface area (Å²) in [5.41, 5.74) is 7.68. The third-order valence-corrected chi connectivity index (χ3v) is 2.63. The average molecular weight is 237 g/mol. The highest BCUT2D eigenvalue weighted by molar-refractivity contribution is 5.80. The summed E-state index contributed by atoms with van der Waals surface area (Å²) in [5.74, 6) is -0.348. The number of nitrogen functional groups attached to an aromatic ring is 1. The standard InChI is InChI=1S/C14H8FN3/c15-11-4-1-9(2-5-11)12-6-3-10(7-16)14(18)13(12)8-17/h1-6H,18H2. The Morgan fingerprint density at radius 1 is 0.944 bits per heavy atom. The summed E-state index contributed by atoms with van der Waals surface area (Å²) in [6, 6.07) is 12.8. The molecule has 2 N–H and O–H groups in total. The highest BCUT2D eigenvalue weighted by Crippen LogP contribution is 2.29. The molecule has 0 bridgehead atoms. The summed E-state index contributed by atoms with van der Waals surface area (Å²) in [6.45, 7) is 0. The molecule has 0 aliphatic rings. The van der Waals surface area contributed by atoms with Crippen LogP contribution in [0.15, 0.2) is 36.4 Å². The molecule has 0 aliphatic heterocycles. The van der Waals surface area contributed by atoms with Gasteiger partial charge in [0, 0.05) is 5.56 Å². The van der Waals surface area contributed by atoms with E-state index in [0.29, 0.717) is 11.1 Å². The Bertz CT molecular complexity index is 676. The van der Waals surface area contributed by atoms with E-state index in [1.807, 2.05) is 12.1 Å². The Kier molecular flexibility index (Phi) is 2.95. The van der Waals surface area contributed by atoms with E-state index in [9.17, 15) is 4.39 Å². The lowest BCUT2D eigenvalue weighted by molar-refractivity contribution is 0.628. The van der Waals surface area contributed by atoms with Crippen LogP contribution in [0.5, 0.6) is 0 Å². The van der Waals surface area contributed by atoms with Crippen LogP contribution < -0.4 is 5.73 Å². The fraction of sp³-hybridized carbons (Fsp3) is 0. The van der Waals surface area contributed by atoms with Gasteiger partial charge in [0.1, 0.15) is 18.0 Å². The first-order chi connectivity index (χ1) is 8.67. The Hall–Kier alpha value is -2.85. The zero-order chi connectivity index (χ0) is 13.1. The molecule has 0 heterocycles. The molecule has 0 saturated heterocycles. The second-order valence-electron chi connectivity index (χ2n) is 3.68. The molecular weight excluding hydrogens is 229 g/mol. The molecule has 0 spiro atoms. The van der Waals surface area contributed by atoms with Crippen LogP contribution in [0.1, 0.15) is 11.1 Å². The maximum atomic E-state index is 12.9. The molecule has 2 aromatic carbocycles. The summed E-state index contributed by atoms with van der Waals surface area (Å²) >= 11 is 0. The van der Waals surface area contributed by atoms with Crippen molar-refractivity contribution in [2.45, 2.75) is 0 Å². The van der Waals surface area contributed by atoms with Gasteiger partial charge in [-0.15, -0.1) is 0 Å². The van der Waals surface area contributed by atoms with Crippen LogP contribution in [0.4, 0.5) is 10.1 Å². The number of halogens is 1. The first kappa shape index (κ1) is 11.6. The molecule has 0 saturated carbocycles. The molecule has 4 heteroatoms. The molecule has 0 aromatic heterocycles. The van der Waals surface area contributed by atoms with Crippen molar-refractivity contribution < 1.29 is 4.39 Å². The van der Waals surface area contributed by atoms with E-state index in [-0.39, 0.29) is 22.6 Å². The van der Waals surface area contributed by atoms with Crippen LogP contribution in [-0.2, 0) is 0 Å². The third-order valence-electron chi connectivity index (χ3n) is 2.63. The zero-order valence-electron chi connectivity index (χ0n) is 9.31. The van der Waals surface area contributed by atoms with Gasteiger partial charge in [0.15, 0.2) is 0 Å². The second kappa shape index (κ2) is 4.57. The summed E-state index contributed by atoms with van der Waals surface area (Å²) in [5, 5.41) is 18.0. The molecule has 2 rings (SSSR count). The van der Waals surface area contributed by atoms with Crippen molar-refractivity contribution in [3.05, 3.63) is 53.3 Å². The van der Waals surface area contributed by atoms with E-state index in [2.05, 4.69) is 0 Å². The van der Waals surface area contributed by atoms with Gasteiger partial charge in [-0.1, -0.05) is 18.2 Å². The van der Waals surface area contributed by atoms with Crippen LogP contribution in [0.3, 0.4) is 0 Å². The summed E-state index contributed by atoms with van der Waals surface area (Å²) in [7, 11) is 0. The number of nitriles is 2. The summed E-state index contributed by atoms with van der Waals surface area (Å²) < 4.78 is 12.9. The van der Waals surface area contributed by atoms with Crippen LogP contribution in [0.2, 0.25) is 0 Å². The van der Waals surface area contributed by atoms with Gasteiger partial charge in [0.25, 0.3) is 0 Å². The lowest BCUT2D eigenvalue weighted by atomic mass is 9.96. The van der Waals surface area contributed by atoms with Crippen molar-refractivity contribution in [2.24, 2.45) is 0 Å². The maximum absolute atomic E-state index is 12.9. The summed E-state index contributed by atoms with van der Waals surface area (Å²) in [4.78, 5) is 0. The van der Waals surface area contributed by atoms with Gasteiger partial charge in [-0.2, -0.15) is 10.5 Å². The molecule has 18 heavy (non-hydrogen) atoms. The zero-order valence-corrected chi connectivity index (χ0v) is 9.31. The molecule has 2 aromatic rings. The first-order valence-electron chi connectivity index (χ1n) is 5.16. The van der Waals surface area contributed by atoms with Gasteiger partial charge in [-0.25, -0.2) is 4.39 Å². The number of hydrogen-bond donors (Lipinski definition) is 1. The van der Waals surface area contributed by atoms with E-state index in [1.165, 1.54) is 12.1 Å². The van der Waals surface area contributed by atoms with Gasteiger partial charge >= 0.3 is 0 Å². The van der Waals surface area contributed by atoms with E-state index in [4.69, 9.17) is 16.3 Å². The topological polar surface area (TPSA) is 73.6 Å². The Labute approximate surface area is 104 Å². The molecule has 0 radical (unpaired) electrons. The highest BCUT2D eigenvalue weighted by Gasteiger charge is 2.11. The molecule has 0 amide bonds. The molecule has 86 valence electrons. The molecule has 0 atom stereocenters. The fourth-order valence-corrected chi connectivity index (χ4v) is 1.71. The van der Waals surface area contributed by atoms with Crippen molar-refractivity contribution >= 4 is 5.69 Å². The van der Waals surface area contributed by atoms with Gasteiger partial charge < -0.3 is 5.73 Å². The SMILES string of the molecule is N#Cc1ccc(-c2ccc(F)cc2)c(C#N)c1N. The monoisotopic (exact) mass is 237 g/mol. The fourth-order valence-electron chi connectivity index (χ4n) is 1.71. The minimum Gasteiger partial charge on any atom is -0.397 e. The highest BCUT2D eigenvalue weighted by atomic mass is 19.1. The van der Waals surface area contributed by atoms with Crippen LogP contribution in [-0.4, -0.2) is 0 Å². The second-order valence-corrected chi connectivity index (χ2v) is 3.68. The molecular formula is C14H8FN3. The lowest BCUT2D eigenvalue weighted by Gasteiger charge is -2.08. The number of nitrogens with two attached hydrogens (primary N) is 1. The van der Waals surface area contributed by atoms with E-state index >= 15 is 0 Å². The van der Waals surface area contributed by atoms with E-state index in [1.54, 1.807) is 24.3 Å². The van der Waals surface area contributed by atoms with Gasteiger partial charge in [-0.05, 0) is 23.8 Å². The van der Waals surface area contributed by atoms with Gasteiger partial charge in [0.2, 0.25) is 0 Å². The minimum absolute atomic E-state index is 0.154. The van der Waals surface area contributed by atoms with Crippen molar-refractivity contribution in [1.29, 1.82) is 10.5 Å². The number of hydrogen-bond acceptors (Lipinski definition) is 3. The number of anilines is 1. The molecule has 0 unspecified atom stereocenters. The summed E-state index contributed by atoms with van der Waals surface area (Å²) in [6.07, 6.45) is 0. The molecule has 0 aliphatic carbocycles. The smallest absolute Gasteiger partial charge is 0.123 e. The predicted octanol–water partition coefficient (Wildman–Crippen LogP) is 2.82. The first-order valence-corrected chi connectivity index (χ1v) is 5.16. The largest absolute Gasteiger partial charge is 0.397 e. The van der Waals surface area contributed by atoms with Crippen LogP contribution in [0, 0.1) is 28.5 Å². The Balaban J connectivity index is 2.67. The Morgan fingerprint density at radius 2 is 1.61 bits per heavy atom. The average Bonchev–Trinajstić information content (AvgIpc) is 2.39. The van der Waals surface area contributed by atoms with Crippen molar-refractivity contribution in [2.75, 3.05) is 5.73 Å². The van der Waals surface area contributed by atoms with Crippen LogP contribution in [0.25, 0.3) is 11.1 Å². The number of rotatable bonds is 1. The van der Waals surface area contributed by atoms with Gasteiger partial charge in [-0.3, -0.25) is 0 Å². The van der Waals surface area contributed by atoms with Crippen molar-refractivity contribution in [1.82, 2.24) is 0 Å². The lowest BCUT2D eigenvalue weighted by Crippen LogP contribution is -1.97.